The molecule has 0 fully saturated rings. The summed E-state index contributed by atoms with van der Waals surface area (Å²) in [5.41, 5.74) is 7.18. The van der Waals surface area contributed by atoms with E-state index in [1.165, 1.54) is 12.1 Å². The molecule has 20 heavy (non-hydrogen) atoms. The molecule has 2 aromatic carbocycles. The molecule has 0 bridgehead atoms. The van der Waals surface area contributed by atoms with Gasteiger partial charge < -0.3 is 5.73 Å². The lowest BCUT2D eigenvalue weighted by molar-refractivity contribution is 0.450. The van der Waals surface area contributed by atoms with E-state index in [1.807, 2.05) is 6.92 Å². The van der Waals surface area contributed by atoms with E-state index in [-0.39, 0.29) is 11.6 Å². The molecule has 1 atom stereocenters. The number of benzene rings is 2. The van der Waals surface area contributed by atoms with Gasteiger partial charge >= 0.3 is 0 Å². The van der Waals surface area contributed by atoms with Crippen molar-refractivity contribution in [3.8, 4) is 0 Å². The number of halogens is 3. The summed E-state index contributed by atoms with van der Waals surface area (Å²) in [6.07, 6.45) is 0.967. The highest BCUT2D eigenvalue weighted by Gasteiger charge is 2.21. The largest absolute Gasteiger partial charge is 0.325 e. The average Bonchev–Trinajstić information content (AvgIpc) is 2.36. The Labute approximate surface area is 125 Å². The Balaban J connectivity index is 2.14. The van der Waals surface area contributed by atoms with Crippen LogP contribution in [0, 0.1) is 11.6 Å². The molecule has 0 spiro atoms. The molecule has 0 aliphatic heterocycles. The van der Waals surface area contributed by atoms with Gasteiger partial charge in [0.05, 0.1) is 4.47 Å². The van der Waals surface area contributed by atoms with Crippen LogP contribution in [0.25, 0.3) is 0 Å². The van der Waals surface area contributed by atoms with E-state index in [1.54, 1.807) is 30.3 Å². The molecule has 106 valence electrons. The van der Waals surface area contributed by atoms with Crippen LogP contribution in [0.5, 0.6) is 0 Å². The van der Waals surface area contributed by atoms with Crippen LogP contribution in [0.2, 0.25) is 0 Å². The summed E-state index contributed by atoms with van der Waals surface area (Å²) in [6, 6.07) is 11.4. The van der Waals surface area contributed by atoms with Crippen LogP contribution < -0.4 is 5.73 Å². The lowest BCUT2D eigenvalue weighted by atomic mass is 9.87. The van der Waals surface area contributed by atoms with Gasteiger partial charge in [-0.05, 0) is 65.0 Å². The second-order valence-corrected chi connectivity index (χ2v) is 6.20. The third kappa shape index (κ3) is 3.87. The lowest BCUT2D eigenvalue weighted by Gasteiger charge is -2.25. The van der Waals surface area contributed by atoms with Gasteiger partial charge in [0.25, 0.3) is 0 Å². The van der Waals surface area contributed by atoms with Gasteiger partial charge in [0.2, 0.25) is 0 Å². The van der Waals surface area contributed by atoms with Crippen molar-refractivity contribution < 1.29 is 8.78 Å². The Bertz CT molecular complexity index is 611. The Morgan fingerprint density at radius 3 is 2.40 bits per heavy atom. The van der Waals surface area contributed by atoms with E-state index < -0.39 is 5.54 Å². The first-order valence-corrected chi connectivity index (χ1v) is 7.13. The van der Waals surface area contributed by atoms with Crippen molar-refractivity contribution in [3.05, 3.63) is 69.7 Å². The van der Waals surface area contributed by atoms with Gasteiger partial charge in [-0.2, -0.15) is 0 Å². The van der Waals surface area contributed by atoms with E-state index in [9.17, 15) is 8.78 Å². The Morgan fingerprint density at radius 2 is 1.75 bits per heavy atom. The molecule has 4 heteroatoms. The average molecular weight is 340 g/mol. The normalized spacial score (nSPS) is 14.1. The zero-order valence-corrected chi connectivity index (χ0v) is 12.8. The smallest absolute Gasteiger partial charge is 0.137 e. The molecule has 0 saturated carbocycles. The summed E-state index contributed by atoms with van der Waals surface area (Å²) < 4.78 is 27.3. The van der Waals surface area contributed by atoms with E-state index in [0.29, 0.717) is 22.9 Å². The molecule has 0 heterocycles. The third-order valence-electron chi connectivity index (χ3n) is 3.14. The Morgan fingerprint density at radius 1 is 1.05 bits per heavy atom. The lowest BCUT2D eigenvalue weighted by Crippen LogP contribution is -2.41. The SMILES string of the molecule is CC(N)(Cc1ccc(F)c(Br)c1)Cc1ccccc1F. The first-order valence-electron chi connectivity index (χ1n) is 6.34. The highest BCUT2D eigenvalue weighted by Crippen LogP contribution is 2.22. The van der Waals surface area contributed by atoms with Crippen LogP contribution in [0.4, 0.5) is 8.78 Å². The van der Waals surface area contributed by atoms with E-state index in [4.69, 9.17) is 5.73 Å². The second-order valence-electron chi connectivity index (χ2n) is 5.35. The van der Waals surface area contributed by atoms with E-state index in [2.05, 4.69) is 15.9 Å². The summed E-state index contributed by atoms with van der Waals surface area (Å²) in [5.74, 6) is -0.550. The van der Waals surface area contributed by atoms with Crippen molar-refractivity contribution in [1.29, 1.82) is 0 Å². The maximum absolute atomic E-state index is 13.7. The predicted octanol–water partition coefficient (Wildman–Crippen LogP) is 4.23. The van der Waals surface area contributed by atoms with Gasteiger partial charge in [-0.3, -0.25) is 0 Å². The van der Waals surface area contributed by atoms with Crippen LogP contribution in [-0.4, -0.2) is 5.54 Å². The minimum Gasteiger partial charge on any atom is -0.325 e. The Kier molecular flexibility index (Phi) is 4.55. The zero-order valence-electron chi connectivity index (χ0n) is 11.2. The van der Waals surface area contributed by atoms with Crippen LogP contribution in [-0.2, 0) is 12.8 Å². The van der Waals surface area contributed by atoms with E-state index >= 15 is 0 Å². The van der Waals surface area contributed by atoms with Crippen molar-refractivity contribution in [3.63, 3.8) is 0 Å². The molecule has 0 amide bonds. The zero-order chi connectivity index (χ0) is 14.8. The summed E-state index contributed by atoms with van der Waals surface area (Å²) in [5, 5.41) is 0. The molecule has 0 aliphatic carbocycles. The fourth-order valence-corrected chi connectivity index (χ4v) is 2.68. The van der Waals surface area contributed by atoms with Gasteiger partial charge in [-0.25, -0.2) is 8.78 Å². The highest BCUT2D eigenvalue weighted by atomic mass is 79.9. The van der Waals surface area contributed by atoms with Crippen molar-refractivity contribution in [2.75, 3.05) is 0 Å². The monoisotopic (exact) mass is 339 g/mol. The maximum atomic E-state index is 13.7. The fraction of sp³-hybridized carbons (Fsp3) is 0.250. The molecular weight excluding hydrogens is 324 g/mol. The molecular formula is C16H16BrF2N. The standard InChI is InChI=1S/C16H16BrF2N/c1-16(20,10-12-4-2-3-5-14(12)18)9-11-6-7-15(19)13(17)8-11/h2-8H,9-10,20H2,1H3. The molecule has 0 radical (unpaired) electrons. The van der Waals surface area contributed by atoms with Gasteiger partial charge in [0.1, 0.15) is 11.6 Å². The van der Waals surface area contributed by atoms with Gasteiger partial charge in [0.15, 0.2) is 0 Å². The topological polar surface area (TPSA) is 26.0 Å². The maximum Gasteiger partial charge on any atom is 0.137 e. The van der Waals surface area contributed by atoms with Crippen LogP contribution >= 0.6 is 15.9 Å². The molecule has 0 aliphatic rings. The minimum atomic E-state index is -0.598. The molecule has 2 rings (SSSR count). The van der Waals surface area contributed by atoms with E-state index in [0.717, 1.165) is 5.56 Å². The van der Waals surface area contributed by atoms with Crippen LogP contribution in [0.15, 0.2) is 46.9 Å². The van der Waals surface area contributed by atoms with Crippen LogP contribution in [0.3, 0.4) is 0 Å². The third-order valence-corrected chi connectivity index (χ3v) is 3.75. The number of nitrogens with two attached hydrogens (primary N) is 1. The second kappa shape index (κ2) is 6.02. The minimum absolute atomic E-state index is 0.246. The van der Waals surface area contributed by atoms with Gasteiger partial charge in [-0.15, -0.1) is 0 Å². The Hall–Kier alpha value is -1.26. The highest BCUT2D eigenvalue weighted by molar-refractivity contribution is 9.10. The molecule has 2 aromatic rings. The summed E-state index contributed by atoms with van der Waals surface area (Å²) in [4.78, 5) is 0. The molecule has 2 N–H and O–H groups in total. The van der Waals surface area contributed by atoms with Gasteiger partial charge in [-0.1, -0.05) is 24.3 Å². The molecule has 0 saturated heterocycles. The summed E-state index contributed by atoms with van der Waals surface area (Å²) >= 11 is 3.16. The van der Waals surface area contributed by atoms with Crippen molar-refractivity contribution in [2.24, 2.45) is 5.73 Å². The predicted molar refractivity (Wildman–Crippen MR) is 80.5 cm³/mol. The molecule has 0 aromatic heterocycles. The fourth-order valence-electron chi connectivity index (χ4n) is 2.26. The van der Waals surface area contributed by atoms with Crippen molar-refractivity contribution in [1.82, 2.24) is 0 Å². The van der Waals surface area contributed by atoms with Crippen molar-refractivity contribution >= 4 is 15.9 Å². The number of rotatable bonds is 4. The van der Waals surface area contributed by atoms with Crippen molar-refractivity contribution in [2.45, 2.75) is 25.3 Å². The number of hydrogen-bond acceptors (Lipinski definition) is 1. The molecule has 1 nitrogen and oxygen atoms in total. The molecule has 1 unspecified atom stereocenters. The summed E-state index contributed by atoms with van der Waals surface area (Å²) in [7, 11) is 0. The van der Waals surface area contributed by atoms with Gasteiger partial charge in [0, 0.05) is 5.54 Å². The summed E-state index contributed by atoms with van der Waals surface area (Å²) in [6.45, 7) is 1.87. The number of hydrogen-bond donors (Lipinski definition) is 1. The quantitative estimate of drug-likeness (QED) is 0.886. The van der Waals surface area contributed by atoms with Crippen LogP contribution in [0.1, 0.15) is 18.1 Å². The first-order chi connectivity index (χ1) is 9.37. The first kappa shape index (κ1) is 15.1.